The minimum atomic E-state index is 0.806. The summed E-state index contributed by atoms with van der Waals surface area (Å²) in [4.78, 5) is 0. The first-order valence-corrected chi connectivity index (χ1v) is 5.64. The van der Waals surface area contributed by atoms with Crippen LogP contribution in [0.25, 0.3) is 0 Å². The summed E-state index contributed by atoms with van der Waals surface area (Å²) in [6.07, 6.45) is 12.9. The van der Waals surface area contributed by atoms with Crippen LogP contribution in [0.2, 0.25) is 0 Å². The maximum atomic E-state index is 2.49. The Labute approximate surface area is 81.7 Å². The third kappa shape index (κ3) is 1.87. The third-order valence-electron chi connectivity index (χ3n) is 3.52. The highest BCUT2D eigenvalue weighted by molar-refractivity contribution is 5.22. The van der Waals surface area contributed by atoms with Crippen molar-refractivity contribution < 1.29 is 0 Å². The van der Waals surface area contributed by atoms with Crippen LogP contribution in [0, 0.1) is 17.8 Å². The highest BCUT2D eigenvalue weighted by atomic mass is 14.3. The molecule has 0 radical (unpaired) electrons. The van der Waals surface area contributed by atoms with Crippen LogP contribution in [0.4, 0.5) is 0 Å². The molecule has 0 amide bonds. The normalized spacial score (nSPS) is 33.0. The molecule has 0 heterocycles. The SMILES string of the molecule is CC(C)C1C=CC2CCCC=C2C1. The lowest BCUT2D eigenvalue weighted by Gasteiger charge is -2.30. The van der Waals surface area contributed by atoms with Gasteiger partial charge in [0.2, 0.25) is 0 Å². The zero-order chi connectivity index (χ0) is 9.26. The fourth-order valence-corrected chi connectivity index (χ4v) is 2.49. The Morgan fingerprint density at radius 3 is 2.92 bits per heavy atom. The molecule has 0 heteroatoms. The van der Waals surface area contributed by atoms with Crippen molar-refractivity contribution >= 4 is 0 Å². The highest BCUT2D eigenvalue weighted by Gasteiger charge is 2.23. The maximum absolute atomic E-state index is 2.49. The molecule has 2 aliphatic carbocycles. The van der Waals surface area contributed by atoms with E-state index in [1.807, 2.05) is 0 Å². The van der Waals surface area contributed by atoms with E-state index in [1.54, 1.807) is 5.57 Å². The lowest BCUT2D eigenvalue weighted by Crippen LogP contribution is -2.17. The van der Waals surface area contributed by atoms with E-state index in [4.69, 9.17) is 0 Å². The van der Waals surface area contributed by atoms with Crippen LogP contribution >= 0.6 is 0 Å². The van der Waals surface area contributed by atoms with E-state index in [-0.39, 0.29) is 0 Å². The molecule has 2 aliphatic rings. The second-order valence-electron chi connectivity index (χ2n) is 4.81. The van der Waals surface area contributed by atoms with Gasteiger partial charge in [0.05, 0.1) is 0 Å². The fourth-order valence-electron chi connectivity index (χ4n) is 2.49. The van der Waals surface area contributed by atoms with Crippen LogP contribution in [-0.2, 0) is 0 Å². The van der Waals surface area contributed by atoms with Crippen LogP contribution in [0.15, 0.2) is 23.8 Å². The molecule has 0 bridgehead atoms. The van der Waals surface area contributed by atoms with Crippen molar-refractivity contribution in [1.82, 2.24) is 0 Å². The van der Waals surface area contributed by atoms with Gasteiger partial charge in [0.15, 0.2) is 0 Å². The number of hydrogen-bond acceptors (Lipinski definition) is 0. The van der Waals surface area contributed by atoms with E-state index < -0.39 is 0 Å². The van der Waals surface area contributed by atoms with Gasteiger partial charge in [0.25, 0.3) is 0 Å². The smallest absolute Gasteiger partial charge is 0.00229 e. The first-order chi connectivity index (χ1) is 6.27. The lowest BCUT2D eigenvalue weighted by atomic mass is 9.75. The van der Waals surface area contributed by atoms with E-state index in [2.05, 4.69) is 32.1 Å². The number of fused-ring (bicyclic) bond motifs is 1. The van der Waals surface area contributed by atoms with Crippen molar-refractivity contribution in [2.24, 2.45) is 17.8 Å². The van der Waals surface area contributed by atoms with Crippen molar-refractivity contribution in [3.8, 4) is 0 Å². The Bertz CT molecular complexity index is 232. The minimum Gasteiger partial charge on any atom is -0.0847 e. The molecule has 0 N–H and O–H groups in total. The molecule has 0 aromatic rings. The summed E-state index contributed by atoms with van der Waals surface area (Å²) in [7, 11) is 0. The number of rotatable bonds is 1. The van der Waals surface area contributed by atoms with Gasteiger partial charge < -0.3 is 0 Å². The van der Waals surface area contributed by atoms with Gasteiger partial charge >= 0.3 is 0 Å². The molecule has 72 valence electrons. The molecule has 13 heavy (non-hydrogen) atoms. The zero-order valence-corrected chi connectivity index (χ0v) is 8.79. The summed E-state index contributed by atoms with van der Waals surface area (Å²) in [5.41, 5.74) is 1.73. The Morgan fingerprint density at radius 2 is 2.15 bits per heavy atom. The Balaban J connectivity index is 2.12. The summed E-state index contributed by atoms with van der Waals surface area (Å²) >= 11 is 0. The summed E-state index contributed by atoms with van der Waals surface area (Å²) in [5.74, 6) is 2.42. The summed E-state index contributed by atoms with van der Waals surface area (Å²) < 4.78 is 0. The van der Waals surface area contributed by atoms with E-state index in [0.717, 1.165) is 17.8 Å². The average Bonchev–Trinajstić information content (AvgIpc) is 2.17. The first-order valence-electron chi connectivity index (χ1n) is 5.64. The Hall–Kier alpha value is -0.520. The van der Waals surface area contributed by atoms with E-state index in [9.17, 15) is 0 Å². The standard InChI is InChI=1S/C13H20/c1-10(2)12-8-7-11-5-3-4-6-13(11)9-12/h6-8,10-12H,3-5,9H2,1-2H3. The predicted molar refractivity (Wildman–Crippen MR) is 57.5 cm³/mol. The quantitative estimate of drug-likeness (QED) is 0.531. The van der Waals surface area contributed by atoms with Crippen LogP contribution in [0.5, 0.6) is 0 Å². The first kappa shape index (κ1) is 9.05. The van der Waals surface area contributed by atoms with Gasteiger partial charge in [-0.05, 0) is 43.4 Å². The molecule has 0 saturated carbocycles. The van der Waals surface area contributed by atoms with Gasteiger partial charge in [-0.25, -0.2) is 0 Å². The third-order valence-corrected chi connectivity index (χ3v) is 3.52. The molecule has 0 aromatic carbocycles. The predicted octanol–water partition coefficient (Wildman–Crippen LogP) is 3.95. The van der Waals surface area contributed by atoms with Crippen molar-refractivity contribution in [3.63, 3.8) is 0 Å². The summed E-state index contributed by atoms with van der Waals surface area (Å²) in [6.45, 7) is 4.66. The van der Waals surface area contributed by atoms with Crippen LogP contribution in [0.3, 0.4) is 0 Å². The molecule has 2 atom stereocenters. The minimum absolute atomic E-state index is 0.806. The molecular formula is C13H20. The largest absolute Gasteiger partial charge is 0.0847 e. The van der Waals surface area contributed by atoms with Gasteiger partial charge in [-0.2, -0.15) is 0 Å². The van der Waals surface area contributed by atoms with E-state index in [0.29, 0.717) is 0 Å². The van der Waals surface area contributed by atoms with Crippen molar-refractivity contribution in [3.05, 3.63) is 23.8 Å². The number of hydrogen-bond donors (Lipinski definition) is 0. The van der Waals surface area contributed by atoms with Gasteiger partial charge in [0, 0.05) is 0 Å². The molecular weight excluding hydrogens is 156 g/mol. The van der Waals surface area contributed by atoms with Crippen molar-refractivity contribution in [1.29, 1.82) is 0 Å². The topological polar surface area (TPSA) is 0 Å². The molecule has 2 unspecified atom stereocenters. The Kier molecular flexibility index (Phi) is 2.57. The van der Waals surface area contributed by atoms with Gasteiger partial charge in [0.1, 0.15) is 0 Å². The van der Waals surface area contributed by atoms with Crippen LogP contribution < -0.4 is 0 Å². The molecule has 0 saturated heterocycles. The second kappa shape index (κ2) is 3.69. The summed E-state index contributed by atoms with van der Waals surface area (Å²) in [6, 6.07) is 0. The molecule has 0 nitrogen and oxygen atoms in total. The van der Waals surface area contributed by atoms with E-state index in [1.165, 1.54) is 25.7 Å². The van der Waals surface area contributed by atoms with Crippen molar-refractivity contribution in [2.45, 2.75) is 39.5 Å². The highest BCUT2D eigenvalue weighted by Crippen LogP contribution is 2.37. The molecule has 0 aromatic heterocycles. The fraction of sp³-hybridized carbons (Fsp3) is 0.692. The monoisotopic (exact) mass is 176 g/mol. The van der Waals surface area contributed by atoms with E-state index >= 15 is 0 Å². The molecule has 0 aliphatic heterocycles. The van der Waals surface area contributed by atoms with Crippen LogP contribution in [0.1, 0.15) is 39.5 Å². The molecule has 0 spiro atoms. The summed E-state index contributed by atoms with van der Waals surface area (Å²) in [5, 5.41) is 0. The number of allylic oxidation sites excluding steroid dienone is 4. The van der Waals surface area contributed by atoms with Crippen LogP contribution in [-0.4, -0.2) is 0 Å². The molecule has 2 rings (SSSR count). The van der Waals surface area contributed by atoms with Gasteiger partial charge in [-0.15, -0.1) is 0 Å². The molecule has 0 fully saturated rings. The van der Waals surface area contributed by atoms with Crippen molar-refractivity contribution in [2.75, 3.05) is 0 Å². The van der Waals surface area contributed by atoms with Gasteiger partial charge in [-0.3, -0.25) is 0 Å². The lowest BCUT2D eigenvalue weighted by molar-refractivity contribution is 0.416. The average molecular weight is 176 g/mol. The maximum Gasteiger partial charge on any atom is -0.00229 e. The zero-order valence-electron chi connectivity index (χ0n) is 8.79. The van der Waals surface area contributed by atoms with Gasteiger partial charge in [-0.1, -0.05) is 37.6 Å². The Morgan fingerprint density at radius 1 is 1.31 bits per heavy atom. The second-order valence-corrected chi connectivity index (χ2v) is 4.81.